The number of hydrogen-bond acceptors (Lipinski definition) is 7. The van der Waals surface area contributed by atoms with E-state index in [-0.39, 0.29) is 17.3 Å². The Labute approximate surface area is 240 Å². The number of anilines is 1. The van der Waals surface area contributed by atoms with Crippen LogP contribution in [-0.4, -0.2) is 68.9 Å². The standard InChI is InChI=1S/C30H36N4O4S2/c1-6-33(7-2)19-20-34(30-31-27-26(38-5)18-13-22(3)28(27)39-30)29(35)24-14-16-25(17-15-24)40(36,37)32(4)21-23-11-9-8-10-12-23/h8-18H,6-7,19-21H2,1-5H3. The van der Waals surface area contributed by atoms with Gasteiger partial charge in [0.1, 0.15) is 11.3 Å². The molecule has 0 saturated carbocycles. The highest BCUT2D eigenvalue weighted by molar-refractivity contribution is 7.89. The summed E-state index contributed by atoms with van der Waals surface area (Å²) in [5.74, 6) is 0.429. The number of carbonyl (C=O) groups excluding carboxylic acids is 1. The van der Waals surface area contributed by atoms with E-state index < -0.39 is 10.0 Å². The Kier molecular flexibility index (Phi) is 9.57. The Morgan fingerprint density at radius 1 is 0.950 bits per heavy atom. The summed E-state index contributed by atoms with van der Waals surface area (Å²) >= 11 is 1.46. The second-order valence-corrected chi connectivity index (χ2v) is 12.5. The van der Waals surface area contributed by atoms with Crippen LogP contribution in [-0.2, 0) is 16.6 Å². The number of hydrogen-bond donors (Lipinski definition) is 0. The van der Waals surface area contributed by atoms with Gasteiger partial charge in [-0.05, 0) is 61.5 Å². The van der Waals surface area contributed by atoms with Crippen molar-refractivity contribution in [3.05, 3.63) is 83.4 Å². The van der Waals surface area contributed by atoms with Crippen LogP contribution in [0.25, 0.3) is 10.2 Å². The Morgan fingerprint density at radius 3 is 2.25 bits per heavy atom. The number of amides is 1. The van der Waals surface area contributed by atoms with Crippen LogP contribution in [0.1, 0.15) is 35.3 Å². The Balaban J connectivity index is 1.63. The summed E-state index contributed by atoms with van der Waals surface area (Å²) in [4.78, 5) is 22.8. The van der Waals surface area contributed by atoms with E-state index in [0.717, 1.165) is 34.4 Å². The number of nitrogens with zero attached hydrogens (tertiary/aromatic N) is 4. The Bertz CT molecular complexity index is 1550. The van der Waals surface area contributed by atoms with Gasteiger partial charge in [-0.2, -0.15) is 4.31 Å². The number of thiazole rings is 1. The normalized spacial score (nSPS) is 11.9. The minimum absolute atomic E-state index is 0.137. The maximum absolute atomic E-state index is 13.9. The maximum Gasteiger partial charge on any atom is 0.260 e. The lowest BCUT2D eigenvalue weighted by Gasteiger charge is -2.25. The van der Waals surface area contributed by atoms with Crippen molar-refractivity contribution in [2.24, 2.45) is 0 Å². The molecule has 212 valence electrons. The lowest BCUT2D eigenvalue weighted by atomic mass is 10.2. The number of aryl methyl sites for hydroxylation is 1. The van der Waals surface area contributed by atoms with Crippen LogP contribution in [0.2, 0.25) is 0 Å². The molecule has 0 unspecified atom stereocenters. The fourth-order valence-corrected chi connectivity index (χ4v) is 6.71. The van der Waals surface area contributed by atoms with Crippen LogP contribution in [0, 0.1) is 6.92 Å². The highest BCUT2D eigenvalue weighted by Crippen LogP contribution is 2.37. The van der Waals surface area contributed by atoms with Gasteiger partial charge in [0.25, 0.3) is 5.91 Å². The number of methoxy groups -OCH3 is 1. The van der Waals surface area contributed by atoms with Crippen LogP contribution >= 0.6 is 11.3 Å². The topological polar surface area (TPSA) is 83.1 Å². The molecule has 0 aliphatic carbocycles. The number of fused-ring (bicyclic) bond motifs is 1. The number of benzene rings is 3. The molecule has 0 saturated heterocycles. The first kappa shape index (κ1) is 29.7. The molecule has 4 rings (SSSR count). The third-order valence-electron chi connectivity index (χ3n) is 6.98. The third-order valence-corrected chi connectivity index (χ3v) is 10.0. The van der Waals surface area contributed by atoms with E-state index in [0.29, 0.717) is 29.5 Å². The molecular formula is C30H36N4O4S2. The molecule has 0 aliphatic rings. The monoisotopic (exact) mass is 580 g/mol. The van der Waals surface area contributed by atoms with Crippen molar-refractivity contribution >= 4 is 42.6 Å². The molecule has 1 heterocycles. The average molecular weight is 581 g/mol. The van der Waals surface area contributed by atoms with Crippen molar-refractivity contribution in [1.29, 1.82) is 0 Å². The van der Waals surface area contributed by atoms with Gasteiger partial charge in [-0.15, -0.1) is 0 Å². The minimum atomic E-state index is -3.73. The van der Waals surface area contributed by atoms with Gasteiger partial charge in [0.05, 0.1) is 16.7 Å². The second kappa shape index (κ2) is 12.9. The summed E-state index contributed by atoms with van der Waals surface area (Å²) < 4.78 is 34.2. The number of aromatic nitrogens is 1. The second-order valence-electron chi connectivity index (χ2n) is 9.51. The van der Waals surface area contributed by atoms with Gasteiger partial charge in [0, 0.05) is 32.2 Å². The third kappa shape index (κ3) is 6.36. The van der Waals surface area contributed by atoms with Crippen LogP contribution in [0.4, 0.5) is 5.13 Å². The first-order chi connectivity index (χ1) is 19.2. The Morgan fingerprint density at radius 2 is 1.62 bits per heavy atom. The highest BCUT2D eigenvalue weighted by Gasteiger charge is 2.25. The van der Waals surface area contributed by atoms with Gasteiger partial charge in [-0.3, -0.25) is 9.69 Å². The van der Waals surface area contributed by atoms with E-state index >= 15 is 0 Å². The molecule has 10 heteroatoms. The molecule has 4 aromatic rings. The first-order valence-electron chi connectivity index (χ1n) is 13.3. The summed E-state index contributed by atoms with van der Waals surface area (Å²) in [5, 5.41) is 0.582. The van der Waals surface area contributed by atoms with Gasteiger partial charge in [-0.25, -0.2) is 13.4 Å². The molecule has 0 atom stereocenters. The SMILES string of the molecule is CCN(CC)CCN(C(=O)c1ccc(S(=O)(=O)N(C)Cc2ccccc2)cc1)c1nc2c(OC)ccc(C)c2s1. The molecule has 0 spiro atoms. The minimum Gasteiger partial charge on any atom is -0.494 e. The molecule has 0 radical (unpaired) electrons. The van der Waals surface area contributed by atoms with Gasteiger partial charge < -0.3 is 9.64 Å². The van der Waals surface area contributed by atoms with Crippen molar-refractivity contribution in [3.8, 4) is 5.75 Å². The summed E-state index contributed by atoms with van der Waals surface area (Å²) in [6, 6.07) is 19.5. The first-order valence-corrected chi connectivity index (χ1v) is 15.5. The zero-order valence-corrected chi connectivity index (χ0v) is 25.3. The van der Waals surface area contributed by atoms with Crippen LogP contribution in [0.5, 0.6) is 5.75 Å². The fourth-order valence-electron chi connectivity index (χ4n) is 4.47. The molecule has 0 N–H and O–H groups in total. The Hall–Kier alpha value is -3.31. The van der Waals surface area contributed by atoms with Gasteiger partial charge >= 0.3 is 0 Å². The van der Waals surface area contributed by atoms with E-state index in [1.165, 1.54) is 27.8 Å². The van der Waals surface area contributed by atoms with Crippen molar-refractivity contribution in [2.45, 2.75) is 32.2 Å². The van der Waals surface area contributed by atoms with E-state index in [4.69, 9.17) is 9.72 Å². The van der Waals surface area contributed by atoms with Crippen molar-refractivity contribution in [2.75, 3.05) is 45.2 Å². The summed E-state index contributed by atoms with van der Waals surface area (Å²) in [6.45, 7) is 9.32. The number of rotatable bonds is 12. The fraction of sp³-hybridized carbons (Fsp3) is 0.333. The lowest BCUT2D eigenvalue weighted by Crippen LogP contribution is -2.38. The van der Waals surface area contributed by atoms with E-state index in [2.05, 4.69) is 18.7 Å². The smallest absolute Gasteiger partial charge is 0.260 e. The van der Waals surface area contributed by atoms with Crippen molar-refractivity contribution in [1.82, 2.24) is 14.2 Å². The number of sulfonamides is 1. The predicted octanol–water partition coefficient (Wildman–Crippen LogP) is 5.42. The molecule has 8 nitrogen and oxygen atoms in total. The van der Waals surface area contributed by atoms with Crippen LogP contribution < -0.4 is 9.64 Å². The molecule has 0 aliphatic heterocycles. The summed E-state index contributed by atoms with van der Waals surface area (Å²) in [5.41, 5.74) is 3.08. The summed E-state index contributed by atoms with van der Waals surface area (Å²) in [7, 11) is -0.567. The summed E-state index contributed by atoms with van der Waals surface area (Å²) in [6.07, 6.45) is 0. The van der Waals surface area contributed by atoms with E-state index in [1.807, 2.05) is 49.4 Å². The van der Waals surface area contributed by atoms with E-state index in [9.17, 15) is 13.2 Å². The molecule has 1 amide bonds. The number of likely N-dealkylation sites (N-methyl/N-ethyl adjacent to an activating group) is 1. The van der Waals surface area contributed by atoms with Crippen molar-refractivity contribution in [3.63, 3.8) is 0 Å². The molecule has 0 fully saturated rings. The van der Waals surface area contributed by atoms with Crippen LogP contribution in [0.15, 0.2) is 71.6 Å². The largest absolute Gasteiger partial charge is 0.494 e. The molecular weight excluding hydrogens is 544 g/mol. The molecule has 0 bridgehead atoms. The van der Waals surface area contributed by atoms with Crippen molar-refractivity contribution < 1.29 is 17.9 Å². The van der Waals surface area contributed by atoms with Crippen LogP contribution in [0.3, 0.4) is 0 Å². The zero-order chi connectivity index (χ0) is 28.9. The van der Waals surface area contributed by atoms with Gasteiger partial charge in [0.15, 0.2) is 5.13 Å². The lowest BCUT2D eigenvalue weighted by molar-refractivity contribution is 0.0983. The number of carbonyl (C=O) groups is 1. The molecule has 3 aromatic carbocycles. The predicted molar refractivity (Wildman–Crippen MR) is 162 cm³/mol. The number of ether oxygens (including phenoxy) is 1. The van der Waals surface area contributed by atoms with Gasteiger partial charge in [-0.1, -0.05) is 61.6 Å². The average Bonchev–Trinajstić information content (AvgIpc) is 3.42. The zero-order valence-electron chi connectivity index (χ0n) is 23.6. The van der Waals surface area contributed by atoms with E-state index in [1.54, 1.807) is 31.2 Å². The maximum atomic E-state index is 13.9. The quantitative estimate of drug-likeness (QED) is 0.223. The van der Waals surface area contributed by atoms with Gasteiger partial charge in [0.2, 0.25) is 10.0 Å². The highest BCUT2D eigenvalue weighted by atomic mass is 32.2. The molecule has 40 heavy (non-hydrogen) atoms. The molecule has 1 aromatic heterocycles.